The summed E-state index contributed by atoms with van der Waals surface area (Å²) in [5.41, 5.74) is -13.6. The largest absolute Gasteiger partial charge is 0.416 e. The molecule has 614 valence electrons. The molecule has 6 aromatic carbocycles. The zero-order valence-corrected chi connectivity index (χ0v) is 61.1. The number of aromatic amines is 3. The van der Waals surface area contributed by atoms with Gasteiger partial charge >= 0.3 is 59.8 Å². The second-order valence-electron chi connectivity index (χ2n) is 28.4. The molecule has 0 amide bonds. The molecule has 9 atom stereocenters. The number of nitrogens with one attached hydrogen (secondary N) is 6. The van der Waals surface area contributed by atoms with Crippen molar-refractivity contribution in [3.8, 4) is 0 Å². The van der Waals surface area contributed by atoms with E-state index in [2.05, 4.69) is 51.4 Å². The van der Waals surface area contributed by atoms with Crippen molar-refractivity contribution in [2.45, 2.75) is 161 Å². The van der Waals surface area contributed by atoms with Gasteiger partial charge in [-0.15, -0.1) is 0 Å². The molecule has 38 heteroatoms. The molecule has 3 aliphatic rings. The number of aromatic nitrogens is 9. The predicted octanol–water partition coefficient (Wildman–Crippen LogP) is 15.4. The fraction of sp³-hybridized carbons (Fsp3) is 0.434. The van der Waals surface area contributed by atoms with Gasteiger partial charge in [0.2, 0.25) is 0 Å². The molecule has 0 spiro atoms. The van der Waals surface area contributed by atoms with Crippen LogP contribution in [0, 0.1) is 6.57 Å². The molecule has 3 fully saturated rings. The van der Waals surface area contributed by atoms with E-state index < -0.39 is 133 Å². The van der Waals surface area contributed by atoms with E-state index in [-0.39, 0.29) is 92.9 Å². The number of rotatable bonds is 20. The lowest BCUT2D eigenvalue weighted by Crippen LogP contribution is -2.61. The number of halogens is 18. The summed E-state index contributed by atoms with van der Waals surface area (Å²) in [7, 11) is 0. The summed E-state index contributed by atoms with van der Waals surface area (Å²) in [5, 5.41) is 38.5. The standard InChI is InChI=1S/C26H28F6N4O2.C25H23F6N5O2.C25H26F6N4O3/c1-3-23(36-16-34-35-22(36)37)9-10-24(33-14-23,19-7-5-4-6-8-19)15-38-17(2)18-11-20(25(27,28)29)13-21(12-18)26(30,31)32;1-16(17-10-19(24(26,27)28)12-20(11-17)25(29,30)31)38-14-22(18-6-4-3-5-7-18)8-9-23(32-2,13-33-22)36-15-34-35-21(36)37;1-16(17-9-19(24(26,27)28)11-20(10-17)25(29,30)31)38-14-23(18-5-3-2-4-6-18)8-7-22(13-36,12-32-23)35-15-33-34-21(35)37/h4-8,11-13,16-17,33H,3,9-10,14-15H2,1-2H3,(H,35,37);3-7,10-12,15-16,33H,8-9,13-14H2,1H3,(H,35,37);2-6,9-11,15-16,32,36H,7-8,12-14H2,1H3,(H,34,37)/t17-,23+,24-;16-,22-,23-;16-,22+,23-/m111/s1. The SMILES string of the molecule is CC[C@]1(n2cn[nH]c2=O)CC[C@@](CO[C@H](C)c2cc(C(F)(F)F)cc(C(F)(F)F)c2)(c2ccccc2)NC1.C[C@@H](OC[C@@]1(c2ccccc2)CC[C@](CO)(n2cn[nH]c2=O)CN1)c1cc(C(F)(F)F)cc(C(F)(F)F)c1.[C-]#[N+][C@@]1(n2cn[nH]c2=O)CC[C@@](CO[C@H](C)c2cc(C(F)(F)F)cc(C(F)(F)F)c2)(c2ccccc2)NC1. The molecule has 0 bridgehead atoms. The van der Waals surface area contributed by atoms with Crippen LogP contribution in [0.1, 0.15) is 158 Å². The zero-order chi connectivity index (χ0) is 83.3. The zero-order valence-electron chi connectivity index (χ0n) is 61.1. The Morgan fingerprint density at radius 2 is 0.684 bits per heavy atom. The van der Waals surface area contributed by atoms with Gasteiger partial charge in [-0.3, -0.25) is 19.3 Å². The van der Waals surface area contributed by atoms with E-state index in [1.54, 1.807) is 41.0 Å². The topological polar surface area (TPSA) is 240 Å². The number of hydrogen-bond acceptors (Lipinski definition) is 13. The molecule has 9 aromatic rings. The van der Waals surface area contributed by atoms with Gasteiger partial charge in [0.15, 0.2) is 0 Å². The number of hydrogen-bond donors (Lipinski definition) is 7. The summed E-state index contributed by atoms with van der Waals surface area (Å²) < 4.78 is 262. The summed E-state index contributed by atoms with van der Waals surface area (Å²) in [4.78, 5) is 40.4. The van der Waals surface area contributed by atoms with Crippen LogP contribution in [0.2, 0.25) is 0 Å². The number of H-pyrrole nitrogens is 3. The summed E-state index contributed by atoms with van der Waals surface area (Å²) >= 11 is 0. The van der Waals surface area contributed by atoms with Crippen molar-refractivity contribution in [2.75, 3.05) is 46.1 Å². The first-order valence-electron chi connectivity index (χ1n) is 35.4. The van der Waals surface area contributed by atoms with Gasteiger partial charge in [0.25, 0.3) is 0 Å². The lowest BCUT2D eigenvalue weighted by molar-refractivity contribution is -0.145. The average molecular weight is 1630 g/mol. The summed E-state index contributed by atoms with van der Waals surface area (Å²) in [6, 6.07) is 31.5. The quantitative estimate of drug-likeness (QED) is 0.0278. The highest BCUT2D eigenvalue weighted by Crippen LogP contribution is 2.47. The van der Waals surface area contributed by atoms with Crippen LogP contribution in [0.15, 0.2) is 179 Å². The van der Waals surface area contributed by atoms with Crippen molar-refractivity contribution in [2.24, 2.45) is 0 Å². The molecule has 7 N–H and O–H groups in total. The first kappa shape index (κ1) is 86.5. The first-order valence-corrected chi connectivity index (χ1v) is 35.4. The Balaban J connectivity index is 0.000000181. The van der Waals surface area contributed by atoms with Crippen molar-refractivity contribution >= 4 is 0 Å². The summed E-state index contributed by atoms with van der Waals surface area (Å²) in [5.74, 6) is 0. The van der Waals surface area contributed by atoms with E-state index in [1.165, 1.54) is 48.9 Å². The van der Waals surface area contributed by atoms with Crippen molar-refractivity contribution in [3.05, 3.63) is 274 Å². The predicted molar refractivity (Wildman–Crippen MR) is 375 cm³/mol. The van der Waals surface area contributed by atoms with E-state index in [9.17, 15) is 98.5 Å². The smallest absolute Gasteiger partial charge is 0.394 e. The lowest BCUT2D eigenvalue weighted by atomic mass is 9.75. The third-order valence-corrected chi connectivity index (χ3v) is 21.5. The van der Waals surface area contributed by atoms with Gasteiger partial charge in [0, 0.05) is 13.1 Å². The van der Waals surface area contributed by atoms with Gasteiger partial charge < -0.3 is 30.0 Å². The highest BCUT2D eigenvalue weighted by atomic mass is 19.4. The molecule has 0 unspecified atom stereocenters. The van der Waals surface area contributed by atoms with Gasteiger partial charge in [-0.25, -0.2) is 40.8 Å². The fourth-order valence-electron chi connectivity index (χ4n) is 14.3. The monoisotopic (exact) mass is 1630 g/mol. The van der Waals surface area contributed by atoms with Gasteiger partial charge in [-0.2, -0.15) is 94.3 Å². The van der Waals surface area contributed by atoms with Crippen LogP contribution < -0.4 is 33.0 Å². The maximum atomic E-state index is 13.4. The first-order chi connectivity index (χ1) is 53.4. The Bertz CT molecular complexity index is 4630. The number of alkyl halides is 18. The van der Waals surface area contributed by atoms with E-state index in [4.69, 9.17) is 20.8 Å². The summed E-state index contributed by atoms with van der Waals surface area (Å²) in [6.45, 7) is 13.8. The molecule has 3 aromatic heterocycles. The molecule has 12 rings (SSSR count). The number of benzene rings is 6. The lowest BCUT2D eigenvalue weighted by Gasteiger charge is -2.47. The van der Waals surface area contributed by atoms with E-state index >= 15 is 0 Å². The molecular formula is C76H77F18N13O7. The highest BCUT2D eigenvalue weighted by Gasteiger charge is 2.52. The number of piperidine rings is 3. The second kappa shape index (κ2) is 33.5. The van der Waals surface area contributed by atoms with Gasteiger partial charge in [0.05, 0.1) is 119 Å². The minimum absolute atomic E-state index is 0.0180. The van der Waals surface area contributed by atoms with Crippen LogP contribution in [0.5, 0.6) is 0 Å². The second-order valence-corrected chi connectivity index (χ2v) is 28.4. The van der Waals surface area contributed by atoms with Crippen molar-refractivity contribution in [1.82, 2.24) is 60.2 Å². The maximum absolute atomic E-state index is 13.4. The molecule has 3 saturated heterocycles. The van der Waals surface area contributed by atoms with Crippen LogP contribution >= 0.6 is 0 Å². The van der Waals surface area contributed by atoms with Crippen LogP contribution in [-0.4, -0.2) is 95.5 Å². The minimum Gasteiger partial charge on any atom is -0.394 e. The van der Waals surface area contributed by atoms with Crippen molar-refractivity contribution < 1.29 is 98.3 Å². The minimum atomic E-state index is -4.97. The molecule has 0 aliphatic carbocycles. The normalized spacial score (nSPS) is 23.3. The Morgan fingerprint density at radius 3 is 0.912 bits per heavy atom. The third-order valence-electron chi connectivity index (χ3n) is 21.5. The number of aliphatic hydroxyl groups is 1. The molecule has 6 heterocycles. The Labute approximate surface area is 638 Å². The van der Waals surface area contributed by atoms with Crippen molar-refractivity contribution in [1.29, 1.82) is 0 Å². The molecule has 0 radical (unpaired) electrons. The highest BCUT2D eigenvalue weighted by molar-refractivity contribution is 5.38. The molecule has 3 aliphatic heterocycles. The average Bonchev–Trinajstić information content (AvgIpc) is 1.34. The summed E-state index contributed by atoms with van der Waals surface area (Å²) in [6.07, 6.45) is -26.3. The molecule has 0 saturated carbocycles. The van der Waals surface area contributed by atoms with Gasteiger partial charge in [-0.1, -0.05) is 97.9 Å². The molecule has 114 heavy (non-hydrogen) atoms. The van der Waals surface area contributed by atoms with E-state index in [1.807, 2.05) is 61.5 Å². The van der Waals surface area contributed by atoms with Crippen LogP contribution in [0.25, 0.3) is 4.85 Å². The fourth-order valence-corrected chi connectivity index (χ4v) is 14.3. The van der Waals surface area contributed by atoms with Crippen LogP contribution in [0.3, 0.4) is 0 Å². The van der Waals surface area contributed by atoms with Gasteiger partial charge in [0.1, 0.15) is 19.0 Å². The Morgan fingerprint density at radius 1 is 0.412 bits per heavy atom. The van der Waals surface area contributed by atoms with Gasteiger partial charge in [-0.05, 0) is 147 Å². The molecular weight excluding hydrogens is 1550 g/mol. The van der Waals surface area contributed by atoms with E-state index in [0.29, 0.717) is 75.0 Å². The third kappa shape index (κ3) is 19.2. The maximum Gasteiger partial charge on any atom is 0.416 e. The van der Waals surface area contributed by atoms with Crippen LogP contribution in [0.4, 0.5) is 79.0 Å². The Hall–Kier alpha value is -9.91. The van der Waals surface area contributed by atoms with Crippen molar-refractivity contribution in [3.63, 3.8) is 0 Å². The van der Waals surface area contributed by atoms with E-state index in [0.717, 1.165) is 16.7 Å². The van der Waals surface area contributed by atoms with Crippen LogP contribution in [-0.2, 0) is 84.6 Å². The molecule has 20 nitrogen and oxygen atoms in total. The number of aliphatic hydroxyl groups excluding tert-OH is 1. The number of nitrogens with zero attached hydrogens (tertiary/aromatic N) is 7. The number of ether oxygens (including phenoxy) is 3. The Kier molecular flexibility index (Phi) is 25.4.